The first-order valence-electron chi connectivity index (χ1n) is 7.34. The van der Waals surface area contributed by atoms with Gasteiger partial charge in [0.25, 0.3) is 5.91 Å². The van der Waals surface area contributed by atoms with Gasteiger partial charge in [0.15, 0.2) is 6.61 Å². The standard InChI is InChI=1S/C17H19N3O4.ClH/c18-15(17(22)19-13-4-2-1-3-5-13)10-12-6-8-14(9-7-12)24-11-16(21)20-23;/h1-9,15,23H,10-11,18H2,(H,19,22)(H,20,21);1H/t15-;/m0./s1. The molecule has 0 bridgehead atoms. The average molecular weight is 366 g/mol. The summed E-state index contributed by atoms with van der Waals surface area (Å²) < 4.78 is 5.16. The summed E-state index contributed by atoms with van der Waals surface area (Å²) in [5.74, 6) is -0.426. The minimum atomic E-state index is -0.683. The van der Waals surface area contributed by atoms with Crippen LogP contribution < -0.4 is 21.3 Å². The van der Waals surface area contributed by atoms with Crippen LogP contribution in [-0.4, -0.2) is 29.7 Å². The van der Waals surface area contributed by atoms with Crippen LogP contribution in [0.2, 0.25) is 0 Å². The molecular formula is C17H20ClN3O4. The number of amides is 2. The number of hydrogen-bond acceptors (Lipinski definition) is 5. The van der Waals surface area contributed by atoms with Gasteiger partial charge < -0.3 is 15.8 Å². The molecule has 0 saturated carbocycles. The molecule has 0 spiro atoms. The number of nitrogens with one attached hydrogen (secondary N) is 2. The fourth-order valence-electron chi connectivity index (χ4n) is 2.01. The first-order valence-corrected chi connectivity index (χ1v) is 7.34. The summed E-state index contributed by atoms with van der Waals surface area (Å²) in [6, 6.07) is 15.3. The second kappa shape index (κ2) is 10.3. The van der Waals surface area contributed by atoms with E-state index in [1.807, 2.05) is 18.2 Å². The summed E-state index contributed by atoms with van der Waals surface area (Å²) >= 11 is 0. The molecule has 2 aromatic carbocycles. The zero-order valence-corrected chi connectivity index (χ0v) is 14.2. The third-order valence-electron chi connectivity index (χ3n) is 3.25. The molecule has 0 heterocycles. The van der Waals surface area contributed by atoms with E-state index in [1.54, 1.807) is 36.4 Å². The summed E-state index contributed by atoms with van der Waals surface area (Å²) in [5.41, 5.74) is 8.97. The van der Waals surface area contributed by atoms with E-state index in [2.05, 4.69) is 5.32 Å². The maximum absolute atomic E-state index is 12.1. The van der Waals surface area contributed by atoms with Gasteiger partial charge in [0, 0.05) is 5.69 Å². The van der Waals surface area contributed by atoms with Crippen molar-refractivity contribution in [3.63, 3.8) is 0 Å². The molecule has 134 valence electrons. The lowest BCUT2D eigenvalue weighted by atomic mass is 10.1. The van der Waals surface area contributed by atoms with E-state index in [1.165, 1.54) is 5.48 Å². The summed E-state index contributed by atoms with van der Waals surface area (Å²) in [7, 11) is 0. The smallest absolute Gasteiger partial charge is 0.281 e. The topological polar surface area (TPSA) is 114 Å². The molecule has 0 aliphatic carbocycles. The van der Waals surface area contributed by atoms with Crippen molar-refractivity contribution in [2.45, 2.75) is 12.5 Å². The fourth-order valence-corrected chi connectivity index (χ4v) is 2.01. The van der Waals surface area contributed by atoms with Gasteiger partial charge in [0.2, 0.25) is 5.91 Å². The highest BCUT2D eigenvalue weighted by Gasteiger charge is 2.14. The van der Waals surface area contributed by atoms with Crippen molar-refractivity contribution in [2.24, 2.45) is 5.73 Å². The van der Waals surface area contributed by atoms with Gasteiger partial charge in [-0.2, -0.15) is 0 Å². The number of anilines is 1. The van der Waals surface area contributed by atoms with E-state index < -0.39 is 11.9 Å². The van der Waals surface area contributed by atoms with Crippen LogP contribution in [0, 0.1) is 0 Å². The third kappa shape index (κ3) is 6.80. The van der Waals surface area contributed by atoms with Crippen LogP contribution in [0.15, 0.2) is 54.6 Å². The van der Waals surface area contributed by atoms with E-state index in [4.69, 9.17) is 15.7 Å². The Morgan fingerprint density at radius 2 is 1.72 bits per heavy atom. The monoisotopic (exact) mass is 365 g/mol. The largest absolute Gasteiger partial charge is 0.484 e. The van der Waals surface area contributed by atoms with Crippen LogP contribution in [0.4, 0.5) is 5.69 Å². The summed E-state index contributed by atoms with van der Waals surface area (Å²) in [6.45, 7) is -0.283. The lowest BCUT2D eigenvalue weighted by Crippen LogP contribution is -2.37. The molecule has 5 N–H and O–H groups in total. The number of carbonyl (C=O) groups is 2. The number of nitrogens with two attached hydrogens (primary N) is 1. The van der Waals surface area contributed by atoms with Crippen LogP contribution in [0.1, 0.15) is 5.56 Å². The normalized spacial score (nSPS) is 11.0. The van der Waals surface area contributed by atoms with Gasteiger partial charge in [0.05, 0.1) is 6.04 Å². The molecule has 25 heavy (non-hydrogen) atoms. The quantitative estimate of drug-likeness (QED) is 0.438. The Hall–Kier alpha value is -2.61. The average Bonchev–Trinajstić information content (AvgIpc) is 2.61. The second-order valence-electron chi connectivity index (χ2n) is 5.13. The van der Waals surface area contributed by atoms with Crippen LogP contribution in [-0.2, 0) is 16.0 Å². The number of hydroxylamine groups is 1. The van der Waals surface area contributed by atoms with Crippen molar-refractivity contribution in [2.75, 3.05) is 11.9 Å². The Labute approximate surface area is 151 Å². The maximum Gasteiger partial charge on any atom is 0.281 e. The van der Waals surface area contributed by atoms with Gasteiger partial charge in [0.1, 0.15) is 5.75 Å². The van der Waals surface area contributed by atoms with Crippen LogP contribution in [0.3, 0.4) is 0 Å². The summed E-state index contributed by atoms with van der Waals surface area (Å²) in [6.07, 6.45) is 0.371. The van der Waals surface area contributed by atoms with E-state index in [0.717, 1.165) is 5.56 Å². The molecule has 2 rings (SSSR count). The molecule has 0 aliphatic rings. The zero-order valence-electron chi connectivity index (χ0n) is 13.3. The van der Waals surface area contributed by atoms with Gasteiger partial charge in [-0.15, -0.1) is 12.4 Å². The van der Waals surface area contributed by atoms with E-state index >= 15 is 0 Å². The lowest BCUT2D eigenvalue weighted by molar-refractivity contribution is -0.131. The predicted octanol–water partition coefficient (Wildman–Crippen LogP) is 1.50. The Morgan fingerprint density at radius 1 is 1.08 bits per heavy atom. The molecule has 0 unspecified atom stereocenters. The maximum atomic E-state index is 12.1. The molecular weight excluding hydrogens is 346 g/mol. The number of halogens is 1. The molecule has 0 radical (unpaired) electrons. The molecule has 8 heteroatoms. The highest BCUT2D eigenvalue weighted by Crippen LogP contribution is 2.14. The Morgan fingerprint density at radius 3 is 2.32 bits per heavy atom. The third-order valence-corrected chi connectivity index (χ3v) is 3.25. The van der Waals surface area contributed by atoms with Crippen LogP contribution in [0.25, 0.3) is 0 Å². The molecule has 0 fully saturated rings. The lowest BCUT2D eigenvalue weighted by Gasteiger charge is -2.13. The van der Waals surface area contributed by atoms with Crippen LogP contribution in [0.5, 0.6) is 5.75 Å². The minimum Gasteiger partial charge on any atom is -0.484 e. The van der Waals surface area contributed by atoms with Gasteiger partial charge in [-0.3, -0.25) is 14.8 Å². The van der Waals surface area contributed by atoms with Gasteiger partial charge in [-0.05, 0) is 36.2 Å². The molecule has 0 saturated heterocycles. The highest BCUT2D eigenvalue weighted by atomic mass is 35.5. The summed E-state index contributed by atoms with van der Waals surface area (Å²) in [5, 5.41) is 11.1. The zero-order chi connectivity index (χ0) is 17.4. The number of benzene rings is 2. The highest BCUT2D eigenvalue weighted by molar-refractivity contribution is 5.94. The first-order chi connectivity index (χ1) is 11.6. The molecule has 2 amide bonds. The SMILES string of the molecule is Cl.N[C@@H](Cc1ccc(OCC(=O)NO)cc1)C(=O)Nc1ccccc1. The fraction of sp³-hybridized carbons (Fsp3) is 0.176. The molecule has 7 nitrogen and oxygen atoms in total. The first kappa shape index (κ1) is 20.4. The summed E-state index contributed by atoms with van der Waals surface area (Å²) in [4.78, 5) is 22.9. The molecule has 0 aromatic heterocycles. The number of para-hydroxylation sites is 1. The van der Waals surface area contributed by atoms with Gasteiger partial charge in [-0.1, -0.05) is 30.3 Å². The number of ether oxygens (including phenoxy) is 1. The Balaban J connectivity index is 0.00000312. The number of rotatable bonds is 7. The van der Waals surface area contributed by atoms with Crippen molar-refractivity contribution in [1.29, 1.82) is 0 Å². The van der Waals surface area contributed by atoms with E-state index in [0.29, 0.717) is 17.9 Å². The van der Waals surface area contributed by atoms with Crippen molar-refractivity contribution in [1.82, 2.24) is 5.48 Å². The second-order valence-corrected chi connectivity index (χ2v) is 5.13. The van der Waals surface area contributed by atoms with Crippen molar-refractivity contribution < 1.29 is 19.5 Å². The van der Waals surface area contributed by atoms with E-state index in [9.17, 15) is 9.59 Å². The van der Waals surface area contributed by atoms with Crippen LogP contribution >= 0.6 is 12.4 Å². The Bertz CT molecular complexity index is 680. The molecule has 1 atom stereocenters. The van der Waals surface area contributed by atoms with E-state index in [-0.39, 0.29) is 24.9 Å². The minimum absolute atomic E-state index is 0. The predicted molar refractivity (Wildman–Crippen MR) is 95.9 cm³/mol. The molecule has 2 aromatic rings. The van der Waals surface area contributed by atoms with Crippen molar-refractivity contribution >= 4 is 29.9 Å². The van der Waals surface area contributed by atoms with Crippen molar-refractivity contribution in [3.8, 4) is 5.75 Å². The number of hydrogen-bond donors (Lipinski definition) is 4. The molecule has 0 aliphatic heterocycles. The Kier molecular flexibility index (Phi) is 8.42. The van der Waals surface area contributed by atoms with Gasteiger partial charge >= 0.3 is 0 Å². The van der Waals surface area contributed by atoms with Gasteiger partial charge in [-0.25, -0.2) is 5.48 Å². The number of carbonyl (C=O) groups excluding carboxylic acids is 2. The van der Waals surface area contributed by atoms with Crippen molar-refractivity contribution in [3.05, 3.63) is 60.2 Å².